The van der Waals surface area contributed by atoms with Crippen molar-refractivity contribution in [1.82, 2.24) is 10.0 Å². The molecule has 1 heterocycles. The van der Waals surface area contributed by atoms with Gasteiger partial charge in [0.05, 0.1) is 10.9 Å². The third kappa shape index (κ3) is 5.67. The van der Waals surface area contributed by atoms with Crippen molar-refractivity contribution in [1.29, 1.82) is 0 Å². The number of hydrogen-bond donors (Lipinski definition) is 3. The lowest BCUT2D eigenvalue weighted by atomic mass is 9.86. The van der Waals surface area contributed by atoms with Gasteiger partial charge >= 0.3 is 0 Å². The Kier molecular flexibility index (Phi) is 7.19. The molecule has 0 bridgehead atoms. The summed E-state index contributed by atoms with van der Waals surface area (Å²) >= 11 is 5.89. The molecule has 3 aromatic carbocycles. The molecule has 35 heavy (non-hydrogen) atoms. The highest BCUT2D eigenvalue weighted by Gasteiger charge is 2.44. The number of hydrogen-bond acceptors (Lipinski definition) is 5. The van der Waals surface area contributed by atoms with Gasteiger partial charge in [0, 0.05) is 22.7 Å². The van der Waals surface area contributed by atoms with E-state index in [1.54, 1.807) is 32.0 Å². The summed E-state index contributed by atoms with van der Waals surface area (Å²) in [5.41, 5.74) is 0.751. The maximum Gasteiger partial charge on any atom is 0.251 e. The van der Waals surface area contributed by atoms with Crippen LogP contribution in [0.4, 0.5) is 0 Å². The van der Waals surface area contributed by atoms with Crippen LogP contribution in [-0.4, -0.2) is 37.7 Å². The fourth-order valence-corrected chi connectivity index (χ4v) is 5.33. The molecule has 0 radical (unpaired) electrons. The Hall–Kier alpha value is -2.91. The van der Waals surface area contributed by atoms with E-state index in [9.17, 15) is 18.3 Å². The molecular formula is C26H27ClN2O5S. The van der Waals surface area contributed by atoms with Crippen molar-refractivity contribution in [2.24, 2.45) is 0 Å². The maximum atomic E-state index is 13.1. The van der Waals surface area contributed by atoms with E-state index in [-0.39, 0.29) is 10.8 Å². The average Bonchev–Trinajstić information content (AvgIpc) is 2.82. The molecule has 9 heteroatoms. The van der Waals surface area contributed by atoms with E-state index >= 15 is 0 Å². The standard InChI is InChI=1S/C26H27ClN2O5S/c1-26(2)24(30)23(29-35(32,33)20-11-9-19(27)10-12-20)21-16-18(8-13-22(21)34-26)25(31)28-15-14-17-6-4-3-5-7-17/h3-13,16,23-24,29-30H,14-15H2,1-2H3,(H,28,31)/t23-,24+/m1/s1. The Morgan fingerprint density at radius 2 is 1.74 bits per heavy atom. The monoisotopic (exact) mass is 514 g/mol. The molecule has 0 saturated carbocycles. The van der Waals surface area contributed by atoms with E-state index < -0.39 is 27.8 Å². The van der Waals surface area contributed by atoms with Crippen molar-refractivity contribution in [3.05, 3.63) is 94.5 Å². The third-order valence-corrected chi connectivity index (χ3v) is 7.67. The Morgan fingerprint density at radius 1 is 1.06 bits per heavy atom. The van der Waals surface area contributed by atoms with E-state index in [4.69, 9.17) is 16.3 Å². The Labute approximate surface area is 210 Å². The van der Waals surface area contributed by atoms with E-state index in [0.717, 1.165) is 5.56 Å². The molecule has 7 nitrogen and oxygen atoms in total. The zero-order chi connectivity index (χ0) is 25.2. The second-order valence-electron chi connectivity index (χ2n) is 8.95. The van der Waals surface area contributed by atoms with Crippen LogP contribution in [0.1, 0.15) is 41.4 Å². The molecule has 0 fully saturated rings. The lowest BCUT2D eigenvalue weighted by Gasteiger charge is -2.42. The first-order valence-corrected chi connectivity index (χ1v) is 13.0. The molecule has 2 atom stereocenters. The predicted octanol–water partition coefficient (Wildman–Crippen LogP) is 3.86. The molecule has 1 aliphatic heterocycles. The summed E-state index contributed by atoms with van der Waals surface area (Å²) in [5.74, 6) is 0.0901. The molecule has 0 spiro atoms. The molecule has 1 amide bonds. The van der Waals surface area contributed by atoms with Crippen LogP contribution in [0.2, 0.25) is 5.02 Å². The Bertz CT molecular complexity index is 1310. The van der Waals surface area contributed by atoms with Gasteiger partial charge in [-0.15, -0.1) is 0 Å². The van der Waals surface area contributed by atoms with Gasteiger partial charge < -0.3 is 15.2 Å². The van der Waals surface area contributed by atoms with Gasteiger partial charge in [0.15, 0.2) is 0 Å². The lowest BCUT2D eigenvalue weighted by molar-refractivity contribution is -0.0603. The summed E-state index contributed by atoms with van der Waals surface area (Å²) in [7, 11) is -4.01. The quantitative estimate of drug-likeness (QED) is 0.444. The number of ether oxygens (including phenoxy) is 1. The number of aliphatic hydroxyl groups excluding tert-OH is 1. The fourth-order valence-electron chi connectivity index (χ4n) is 3.98. The molecule has 0 unspecified atom stereocenters. The topological polar surface area (TPSA) is 105 Å². The van der Waals surface area contributed by atoms with Crippen LogP contribution in [0.5, 0.6) is 5.75 Å². The van der Waals surface area contributed by atoms with Gasteiger partial charge in [-0.1, -0.05) is 41.9 Å². The van der Waals surface area contributed by atoms with Crippen LogP contribution in [0.3, 0.4) is 0 Å². The number of fused-ring (bicyclic) bond motifs is 1. The molecule has 0 aliphatic carbocycles. The van der Waals surface area contributed by atoms with Gasteiger partial charge in [0.2, 0.25) is 10.0 Å². The minimum absolute atomic E-state index is 0.00903. The number of aliphatic hydroxyl groups is 1. The number of carbonyl (C=O) groups excluding carboxylic acids is 1. The average molecular weight is 515 g/mol. The second-order valence-corrected chi connectivity index (χ2v) is 11.1. The van der Waals surface area contributed by atoms with E-state index in [2.05, 4.69) is 10.0 Å². The third-order valence-electron chi connectivity index (χ3n) is 5.96. The lowest BCUT2D eigenvalue weighted by Crippen LogP contribution is -2.53. The Morgan fingerprint density at radius 3 is 2.43 bits per heavy atom. The van der Waals surface area contributed by atoms with Gasteiger partial charge in [-0.25, -0.2) is 13.1 Å². The summed E-state index contributed by atoms with van der Waals surface area (Å²) in [6.07, 6.45) is -0.537. The number of benzene rings is 3. The summed E-state index contributed by atoms with van der Waals surface area (Å²) in [5, 5.41) is 14.3. The van der Waals surface area contributed by atoms with Crippen molar-refractivity contribution in [3.63, 3.8) is 0 Å². The number of amides is 1. The largest absolute Gasteiger partial charge is 0.485 e. The molecule has 0 saturated heterocycles. The fraction of sp³-hybridized carbons (Fsp3) is 0.269. The highest BCUT2D eigenvalue weighted by Crippen LogP contribution is 2.41. The molecule has 3 N–H and O–H groups in total. The highest BCUT2D eigenvalue weighted by atomic mass is 35.5. The highest BCUT2D eigenvalue weighted by molar-refractivity contribution is 7.89. The number of rotatable bonds is 7. The molecule has 0 aromatic heterocycles. The normalized spacial score (nSPS) is 18.9. The molecule has 184 valence electrons. The number of carbonyl (C=O) groups is 1. The predicted molar refractivity (Wildman–Crippen MR) is 134 cm³/mol. The number of halogens is 1. The van der Waals surface area contributed by atoms with E-state index in [0.29, 0.717) is 34.9 Å². The summed E-state index contributed by atoms with van der Waals surface area (Å²) < 4.78 is 34.7. The van der Waals surface area contributed by atoms with Crippen molar-refractivity contribution >= 4 is 27.5 Å². The van der Waals surface area contributed by atoms with E-state index in [1.807, 2.05) is 30.3 Å². The van der Waals surface area contributed by atoms with Gasteiger partial charge in [0.1, 0.15) is 17.5 Å². The summed E-state index contributed by atoms with van der Waals surface area (Å²) in [6, 6.07) is 19.3. The number of nitrogens with one attached hydrogen (secondary N) is 2. The molecule has 1 aliphatic rings. The molecule has 4 rings (SSSR count). The minimum Gasteiger partial charge on any atom is -0.485 e. The van der Waals surface area contributed by atoms with Crippen LogP contribution in [0, 0.1) is 0 Å². The van der Waals surface area contributed by atoms with Gasteiger partial charge in [-0.2, -0.15) is 0 Å². The van der Waals surface area contributed by atoms with Gasteiger partial charge in [0.25, 0.3) is 5.91 Å². The van der Waals surface area contributed by atoms with Gasteiger partial charge in [-0.3, -0.25) is 4.79 Å². The first-order chi connectivity index (χ1) is 16.6. The summed E-state index contributed by atoms with van der Waals surface area (Å²) in [4.78, 5) is 12.8. The zero-order valence-electron chi connectivity index (χ0n) is 19.4. The SMILES string of the molecule is CC1(C)Oc2ccc(C(=O)NCCc3ccccc3)cc2[C@@H](NS(=O)(=O)c2ccc(Cl)cc2)[C@@H]1O. The molecule has 3 aromatic rings. The van der Waals surface area contributed by atoms with Crippen molar-refractivity contribution in [2.75, 3.05) is 6.54 Å². The zero-order valence-corrected chi connectivity index (χ0v) is 20.9. The van der Waals surface area contributed by atoms with Crippen molar-refractivity contribution < 1.29 is 23.1 Å². The maximum absolute atomic E-state index is 13.1. The van der Waals surface area contributed by atoms with E-state index in [1.165, 1.54) is 24.3 Å². The van der Waals surface area contributed by atoms with Crippen LogP contribution in [0.25, 0.3) is 0 Å². The smallest absolute Gasteiger partial charge is 0.251 e. The summed E-state index contributed by atoms with van der Waals surface area (Å²) in [6.45, 7) is 3.79. The van der Waals surface area contributed by atoms with Crippen molar-refractivity contribution in [3.8, 4) is 5.75 Å². The van der Waals surface area contributed by atoms with Crippen molar-refractivity contribution in [2.45, 2.75) is 42.9 Å². The number of sulfonamides is 1. The van der Waals surface area contributed by atoms with Crippen LogP contribution >= 0.6 is 11.6 Å². The first-order valence-electron chi connectivity index (χ1n) is 11.2. The second kappa shape index (κ2) is 9.99. The molecular weight excluding hydrogens is 488 g/mol. The van der Waals surface area contributed by atoms with Gasteiger partial charge in [-0.05, 0) is 68.3 Å². The van der Waals surface area contributed by atoms with Crippen LogP contribution < -0.4 is 14.8 Å². The van der Waals surface area contributed by atoms with Crippen LogP contribution in [0.15, 0.2) is 77.7 Å². The van der Waals surface area contributed by atoms with Crippen LogP contribution in [-0.2, 0) is 16.4 Å². The Balaban J connectivity index is 1.58. The minimum atomic E-state index is -4.01. The first kappa shape index (κ1) is 25.2.